The summed E-state index contributed by atoms with van der Waals surface area (Å²) in [5.74, 6) is -1.77. The Morgan fingerprint density at radius 2 is 2.00 bits per heavy atom. The van der Waals surface area contributed by atoms with E-state index in [4.69, 9.17) is 10.5 Å². The first-order chi connectivity index (χ1) is 13.9. The van der Waals surface area contributed by atoms with Crippen molar-refractivity contribution in [3.05, 3.63) is 64.5 Å². The van der Waals surface area contributed by atoms with E-state index >= 15 is 0 Å². The summed E-state index contributed by atoms with van der Waals surface area (Å²) in [5, 5.41) is 9.72. The highest BCUT2D eigenvalue weighted by Crippen LogP contribution is 2.27. The van der Waals surface area contributed by atoms with Gasteiger partial charge in [0, 0.05) is 5.56 Å². The molecule has 0 aliphatic carbocycles. The van der Waals surface area contributed by atoms with Gasteiger partial charge in [-0.05, 0) is 24.3 Å². The SMILES string of the molecule is COc1cccc(-n2c(=O)[nH]c3c(C(N)=O)nc(-c4cccc(O)c4)nc32)c1F. The molecule has 2 aromatic heterocycles. The van der Waals surface area contributed by atoms with E-state index in [-0.39, 0.29) is 39.9 Å². The molecule has 2 aromatic carbocycles. The molecule has 2 heterocycles. The molecule has 0 saturated heterocycles. The van der Waals surface area contributed by atoms with Crippen molar-refractivity contribution >= 4 is 17.1 Å². The Hall–Kier alpha value is -4.21. The lowest BCUT2D eigenvalue weighted by atomic mass is 10.2. The summed E-state index contributed by atoms with van der Waals surface area (Å²) in [6.45, 7) is 0. The van der Waals surface area contributed by atoms with E-state index in [0.717, 1.165) is 4.57 Å². The van der Waals surface area contributed by atoms with Crippen molar-refractivity contribution < 1.29 is 19.0 Å². The quantitative estimate of drug-likeness (QED) is 0.481. The number of carbonyl (C=O) groups is 1. The second-order valence-corrected chi connectivity index (χ2v) is 6.07. The van der Waals surface area contributed by atoms with Gasteiger partial charge in [-0.1, -0.05) is 18.2 Å². The Kier molecular flexibility index (Phi) is 4.23. The lowest BCUT2D eigenvalue weighted by Gasteiger charge is -2.09. The highest BCUT2D eigenvalue weighted by atomic mass is 19.1. The number of rotatable bonds is 4. The Morgan fingerprint density at radius 1 is 1.24 bits per heavy atom. The third-order valence-electron chi connectivity index (χ3n) is 4.28. The Labute approximate surface area is 162 Å². The van der Waals surface area contributed by atoms with Crippen LogP contribution in [0, 0.1) is 5.82 Å². The van der Waals surface area contributed by atoms with Crippen molar-refractivity contribution in [3.63, 3.8) is 0 Å². The molecule has 10 heteroatoms. The topological polar surface area (TPSA) is 136 Å². The number of nitrogens with zero attached hydrogens (tertiary/aromatic N) is 3. The number of aromatic nitrogens is 4. The number of phenolic OH excluding ortho intramolecular Hbond substituents is 1. The van der Waals surface area contributed by atoms with Gasteiger partial charge in [0.05, 0.1) is 12.8 Å². The number of amides is 1. The number of nitrogens with two attached hydrogens (primary N) is 1. The van der Waals surface area contributed by atoms with Gasteiger partial charge < -0.3 is 20.6 Å². The fourth-order valence-electron chi connectivity index (χ4n) is 2.99. The number of nitrogens with one attached hydrogen (secondary N) is 1. The van der Waals surface area contributed by atoms with Gasteiger partial charge in [0.15, 0.2) is 28.7 Å². The van der Waals surface area contributed by atoms with Crippen LogP contribution in [0.1, 0.15) is 10.5 Å². The number of H-pyrrole nitrogens is 1. The Morgan fingerprint density at radius 3 is 2.69 bits per heavy atom. The smallest absolute Gasteiger partial charge is 0.332 e. The minimum absolute atomic E-state index is 0.0262. The van der Waals surface area contributed by atoms with Crippen LogP contribution in [0.4, 0.5) is 4.39 Å². The normalized spacial score (nSPS) is 11.0. The number of benzene rings is 2. The molecule has 146 valence electrons. The number of hydrogen-bond donors (Lipinski definition) is 3. The number of primary amides is 1. The molecular formula is C19H14FN5O4. The lowest BCUT2D eigenvalue weighted by molar-refractivity contribution is 0.0997. The highest BCUT2D eigenvalue weighted by Gasteiger charge is 2.22. The van der Waals surface area contributed by atoms with Gasteiger partial charge in [-0.2, -0.15) is 0 Å². The molecule has 0 bridgehead atoms. The first-order valence-corrected chi connectivity index (χ1v) is 8.35. The summed E-state index contributed by atoms with van der Waals surface area (Å²) < 4.78 is 20.7. The van der Waals surface area contributed by atoms with Crippen LogP contribution in [0.2, 0.25) is 0 Å². The fourth-order valence-corrected chi connectivity index (χ4v) is 2.99. The molecule has 0 fully saturated rings. The molecule has 0 radical (unpaired) electrons. The molecule has 0 spiro atoms. The molecule has 9 nitrogen and oxygen atoms in total. The number of carbonyl (C=O) groups excluding carboxylic acids is 1. The van der Waals surface area contributed by atoms with Crippen molar-refractivity contribution in [3.8, 4) is 28.6 Å². The van der Waals surface area contributed by atoms with Gasteiger partial charge in [0.1, 0.15) is 11.3 Å². The van der Waals surface area contributed by atoms with Crippen molar-refractivity contribution in [2.24, 2.45) is 5.73 Å². The van der Waals surface area contributed by atoms with Crippen molar-refractivity contribution in [1.82, 2.24) is 19.5 Å². The molecule has 29 heavy (non-hydrogen) atoms. The predicted molar refractivity (Wildman–Crippen MR) is 102 cm³/mol. The van der Waals surface area contributed by atoms with Gasteiger partial charge >= 0.3 is 5.69 Å². The zero-order valence-corrected chi connectivity index (χ0v) is 15.0. The minimum atomic E-state index is -0.904. The van der Waals surface area contributed by atoms with Crippen LogP contribution in [-0.4, -0.2) is 37.6 Å². The Balaban J connectivity index is 2.09. The average molecular weight is 395 g/mol. The second-order valence-electron chi connectivity index (χ2n) is 6.07. The van der Waals surface area contributed by atoms with Crippen LogP contribution in [0.3, 0.4) is 0 Å². The van der Waals surface area contributed by atoms with Crippen LogP contribution in [0.25, 0.3) is 28.2 Å². The third kappa shape index (κ3) is 2.96. The van der Waals surface area contributed by atoms with Crippen molar-refractivity contribution in [2.75, 3.05) is 7.11 Å². The van der Waals surface area contributed by atoms with E-state index in [0.29, 0.717) is 5.56 Å². The average Bonchev–Trinajstić information content (AvgIpc) is 3.03. The number of halogens is 1. The molecule has 1 amide bonds. The highest BCUT2D eigenvalue weighted by molar-refractivity contribution is 6.02. The summed E-state index contributed by atoms with van der Waals surface area (Å²) in [7, 11) is 1.30. The first-order valence-electron chi connectivity index (χ1n) is 8.35. The fraction of sp³-hybridized carbons (Fsp3) is 0.0526. The molecule has 0 saturated carbocycles. The molecule has 4 N–H and O–H groups in total. The van der Waals surface area contributed by atoms with E-state index in [1.54, 1.807) is 12.1 Å². The zero-order chi connectivity index (χ0) is 20.7. The van der Waals surface area contributed by atoms with Crippen LogP contribution >= 0.6 is 0 Å². The van der Waals surface area contributed by atoms with Crippen LogP contribution in [0.5, 0.6) is 11.5 Å². The van der Waals surface area contributed by atoms with Crippen LogP contribution in [-0.2, 0) is 0 Å². The van der Waals surface area contributed by atoms with E-state index < -0.39 is 17.4 Å². The molecule has 4 rings (SSSR count). The largest absolute Gasteiger partial charge is 0.508 e. The van der Waals surface area contributed by atoms with Crippen LogP contribution < -0.4 is 16.2 Å². The monoisotopic (exact) mass is 395 g/mol. The number of phenols is 1. The molecule has 0 aliphatic rings. The van der Waals surface area contributed by atoms with Crippen molar-refractivity contribution in [1.29, 1.82) is 0 Å². The summed E-state index contributed by atoms with van der Waals surface area (Å²) in [5.41, 5.74) is 4.61. The minimum Gasteiger partial charge on any atom is -0.508 e. The summed E-state index contributed by atoms with van der Waals surface area (Å²) in [4.78, 5) is 35.4. The standard InChI is InChI=1S/C19H14FN5O4/c1-29-12-7-3-6-11(13(12)20)25-18-15(23-19(25)28)14(16(21)27)22-17(24-18)9-4-2-5-10(26)8-9/h2-8,26H,1H3,(H2,21,27)(H,23,28). The van der Waals surface area contributed by atoms with Crippen molar-refractivity contribution in [2.45, 2.75) is 0 Å². The predicted octanol–water partition coefficient (Wildman–Crippen LogP) is 1.73. The number of imidazole rings is 1. The summed E-state index contributed by atoms with van der Waals surface area (Å²) >= 11 is 0. The number of aromatic hydroxyl groups is 1. The zero-order valence-electron chi connectivity index (χ0n) is 15.0. The summed E-state index contributed by atoms with van der Waals surface area (Å²) in [6.07, 6.45) is 0. The first kappa shape index (κ1) is 18.2. The number of hydrogen-bond acceptors (Lipinski definition) is 6. The molecular weight excluding hydrogens is 381 g/mol. The van der Waals surface area contributed by atoms with E-state index in [9.17, 15) is 19.1 Å². The van der Waals surface area contributed by atoms with Gasteiger partial charge in [0.25, 0.3) is 5.91 Å². The van der Waals surface area contributed by atoms with Crippen LogP contribution in [0.15, 0.2) is 47.3 Å². The maximum absolute atomic E-state index is 14.8. The molecule has 4 aromatic rings. The Bertz CT molecular complexity index is 1330. The van der Waals surface area contributed by atoms with E-state index in [1.807, 2.05) is 0 Å². The lowest BCUT2D eigenvalue weighted by Crippen LogP contribution is -2.16. The second kappa shape index (κ2) is 6.75. The van der Waals surface area contributed by atoms with Gasteiger partial charge in [-0.3, -0.25) is 4.79 Å². The van der Waals surface area contributed by atoms with Gasteiger partial charge in [0.2, 0.25) is 0 Å². The van der Waals surface area contributed by atoms with Gasteiger partial charge in [-0.15, -0.1) is 0 Å². The van der Waals surface area contributed by atoms with E-state index in [2.05, 4.69) is 15.0 Å². The number of fused-ring (bicyclic) bond motifs is 1. The molecule has 0 unspecified atom stereocenters. The van der Waals surface area contributed by atoms with Gasteiger partial charge in [-0.25, -0.2) is 23.7 Å². The maximum atomic E-state index is 14.8. The third-order valence-corrected chi connectivity index (χ3v) is 4.28. The number of methoxy groups -OCH3 is 1. The molecule has 0 atom stereocenters. The number of ether oxygens (including phenoxy) is 1. The number of aromatic amines is 1. The maximum Gasteiger partial charge on any atom is 0.332 e. The summed E-state index contributed by atoms with van der Waals surface area (Å²) in [6, 6.07) is 10.3. The molecule has 0 aliphatic heterocycles. The van der Waals surface area contributed by atoms with E-state index in [1.165, 1.54) is 37.4 Å².